The van der Waals surface area contributed by atoms with Gasteiger partial charge in [-0.05, 0) is 48.7 Å². The Morgan fingerprint density at radius 3 is 2.48 bits per heavy atom. The van der Waals surface area contributed by atoms with E-state index >= 15 is 0 Å². The maximum Gasteiger partial charge on any atom is 0.335 e. The number of aliphatic hydroxyl groups is 1. The number of halogens is 1. The molecule has 2 N–H and O–H groups in total. The summed E-state index contributed by atoms with van der Waals surface area (Å²) in [4.78, 5) is 22.3. The fraction of sp³-hybridized carbons (Fsp3) is 0.300. The summed E-state index contributed by atoms with van der Waals surface area (Å²) in [6.07, 6.45) is -0.234. The van der Waals surface area contributed by atoms with E-state index < -0.39 is 23.8 Å². The van der Waals surface area contributed by atoms with Crippen molar-refractivity contribution in [2.45, 2.75) is 31.3 Å². The number of carbonyl (C=O) groups excluding carboxylic acids is 2. The van der Waals surface area contributed by atoms with Crippen molar-refractivity contribution in [1.29, 1.82) is 0 Å². The Hall–Kier alpha value is -2.81. The molecule has 0 aliphatic carbocycles. The van der Waals surface area contributed by atoms with Crippen molar-refractivity contribution in [2.24, 2.45) is 0 Å². The molecule has 0 amide bonds. The zero-order valence-electron chi connectivity index (χ0n) is 15.4. The molecule has 0 bridgehead atoms. The van der Waals surface area contributed by atoms with Gasteiger partial charge in [-0.25, -0.2) is 0 Å². The van der Waals surface area contributed by atoms with Gasteiger partial charge in [0.25, 0.3) is 0 Å². The monoisotopic (exact) mass is 419 g/mol. The minimum absolute atomic E-state index is 0.0259. The van der Waals surface area contributed by atoms with Gasteiger partial charge in [0.2, 0.25) is 0 Å². The van der Waals surface area contributed by atoms with Crippen LogP contribution in [0.25, 0.3) is 0 Å². The highest BCUT2D eigenvalue weighted by molar-refractivity contribution is 6.30. The molecule has 8 nitrogen and oxygen atoms in total. The minimum atomic E-state index is -2.99. The average Bonchev–Trinajstić information content (AvgIpc) is 3.06. The summed E-state index contributed by atoms with van der Waals surface area (Å²) in [5.41, 5.74) is 1.44. The second-order valence-electron chi connectivity index (χ2n) is 6.76. The lowest BCUT2D eigenvalue weighted by molar-refractivity contribution is -0.362. The predicted molar refractivity (Wildman–Crippen MR) is 98.0 cm³/mol. The number of aliphatic carboxylic acids is 2. The number of carboxylic acids is 2. The van der Waals surface area contributed by atoms with Gasteiger partial charge in [0.15, 0.2) is 11.5 Å². The van der Waals surface area contributed by atoms with Crippen molar-refractivity contribution in [3.8, 4) is 11.5 Å². The minimum Gasteiger partial charge on any atom is -0.542 e. The molecule has 9 heteroatoms. The Labute approximate surface area is 171 Å². The first-order chi connectivity index (χ1) is 13.7. The molecular weight excluding hydrogens is 402 g/mol. The molecule has 1 aliphatic rings. The van der Waals surface area contributed by atoms with Crippen LogP contribution in [-0.2, 0) is 16.0 Å². The number of carboxylic acid groups (broad SMARTS) is 2. The van der Waals surface area contributed by atoms with Crippen LogP contribution in [0.5, 0.6) is 11.5 Å². The highest BCUT2D eigenvalue weighted by atomic mass is 35.5. The Kier molecular flexibility index (Phi) is 5.97. The van der Waals surface area contributed by atoms with Crippen LogP contribution in [0, 0.1) is 0 Å². The van der Waals surface area contributed by atoms with Crippen molar-refractivity contribution >= 4 is 23.5 Å². The second kappa shape index (κ2) is 8.28. The SMILES string of the molecule is C[C@@H](Cc1ccc2c(c1)OC(C(=O)[O-])(C(=O)[O-])O2)NC[C@@H](O)c1cccc(Cl)c1. The quantitative estimate of drug-likeness (QED) is 0.551. The summed E-state index contributed by atoms with van der Waals surface area (Å²) in [6.45, 7) is 2.20. The zero-order valence-corrected chi connectivity index (χ0v) is 16.1. The fourth-order valence-electron chi connectivity index (χ4n) is 2.99. The number of benzene rings is 2. The summed E-state index contributed by atoms with van der Waals surface area (Å²) in [5, 5.41) is 36.3. The summed E-state index contributed by atoms with van der Waals surface area (Å²) >= 11 is 5.93. The van der Waals surface area contributed by atoms with E-state index in [4.69, 9.17) is 21.1 Å². The molecule has 0 saturated heterocycles. The zero-order chi connectivity index (χ0) is 21.2. The summed E-state index contributed by atoms with van der Waals surface area (Å²) in [6, 6.07) is 11.5. The first-order valence-corrected chi connectivity index (χ1v) is 9.20. The third-order valence-corrected chi connectivity index (χ3v) is 4.72. The van der Waals surface area contributed by atoms with E-state index in [-0.39, 0.29) is 17.5 Å². The Bertz CT molecular complexity index is 919. The first kappa shape index (κ1) is 20.9. The largest absolute Gasteiger partial charge is 0.542 e. The maximum atomic E-state index is 11.2. The van der Waals surface area contributed by atoms with Crippen LogP contribution < -0.4 is 25.0 Å². The number of hydrogen-bond donors (Lipinski definition) is 2. The van der Waals surface area contributed by atoms with Gasteiger partial charge in [0.1, 0.15) is 11.9 Å². The molecule has 0 spiro atoms. The molecule has 0 radical (unpaired) electrons. The predicted octanol–water partition coefficient (Wildman–Crippen LogP) is -0.438. The van der Waals surface area contributed by atoms with Gasteiger partial charge < -0.3 is 39.7 Å². The second-order valence-corrected chi connectivity index (χ2v) is 7.20. The van der Waals surface area contributed by atoms with Crippen molar-refractivity contribution < 1.29 is 34.4 Å². The Balaban J connectivity index is 1.61. The molecule has 154 valence electrons. The molecule has 2 aromatic rings. The highest BCUT2D eigenvalue weighted by Gasteiger charge is 2.45. The third kappa shape index (κ3) is 4.45. The van der Waals surface area contributed by atoms with E-state index in [0.717, 1.165) is 5.56 Å². The van der Waals surface area contributed by atoms with Gasteiger partial charge in [-0.2, -0.15) is 0 Å². The molecule has 2 atom stereocenters. The van der Waals surface area contributed by atoms with E-state index in [1.165, 1.54) is 12.1 Å². The van der Waals surface area contributed by atoms with Gasteiger partial charge in [0.05, 0.1) is 6.10 Å². The molecular formula is C20H18ClNO7-2. The van der Waals surface area contributed by atoms with Crippen molar-refractivity contribution in [3.05, 3.63) is 58.6 Å². The van der Waals surface area contributed by atoms with Crippen molar-refractivity contribution in [3.63, 3.8) is 0 Å². The molecule has 2 aromatic carbocycles. The van der Waals surface area contributed by atoms with Crippen LogP contribution in [0.4, 0.5) is 0 Å². The van der Waals surface area contributed by atoms with E-state index in [1.807, 2.05) is 6.92 Å². The number of rotatable bonds is 8. The summed E-state index contributed by atoms with van der Waals surface area (Å²) < 4.78 is 9.90. The highest BCUT2D eigenvalue weighted by Crippen LogP contribution is 2.40. The maximum absolute atomic E-state index is 11.2. The molecule has 3 rings (SSSR count). The number of hydrogen-bond acceptors (Lipinski definition) is 8. The summed E-state index contributed by atoms with van der Waals surface area (Å²) in [7, 11) is 0. The van der Waals surface area contributed by atoms with Gasteiger partial charge in [-0.1, -0.05) is 29.8 Å². The van der Waals surface area contributed by atoms with Crippen LogP contribution in [0.3, 0.4) is 0 Å². The lowest BCUT2D eigenvalue weighted by Crippen LogP contribution is -2.64. The average molecular weight is 420 g/mol. The van der Waals surface area contributed by atoms with Crippen LogP contribution >= 0.6 is 11.6 Å². The number of nitrogens with one attached hydrogen (secondary N) is 1. The van der Waals surface area contributed by atoms with E-state index in [2.05, 4.69) is 5.32 Å². The number of ether oxygens (including phenoxy) is 2. The fourth-order valence-corrected chi connectivity index (χ4v) is 3.19. The molecule has 1 aliphatic heterocycles. The van der Waals surface area contributed by atoms with E-state index in [1.54, 1.807) is 30.3 Å². The molecule has 0 aromatic heterocycles. The molecule has 0 fully saturated rings. The van der Waals surface area contributed by atoms with Crippen molar-refractivity contribution in [2.75, 3.05) is 6.54 Å². The van der Waals surface area contributed by atoms with E-state index in [0.29, 0.717) is 23.6 Å². The smallest absolute Gasteiger partial charge is 0.335 e. The van der Waals surface area contributed by atoms with Gasteiger partial charge >= 0.3 is 5.79 Å². The van der Waals surface area contributed by atoms with Gasteiger partial charge in [-0.3, -0.25) is 0 Å². The molecule has 0 saturated carbocycles. The van der Waals surface area contributed by atoms with E-state index in [9.17, 15) is 24.9 Å². The van der Waals surface area contributed by atoms with Crippen LogP contribution in [0.2, 0.25) is 5.02 Å². The normalized spacial score (nSPS) is 16.2. The number of carbonyl (C=O) groups is 2. The van der Waals surface area contributed by atoms with Crippen LogP contribution in [0.1, 0.15) is 24.2 Å². The number of aliphatic hydroxyl groups excluding tert-OH is 1. The van der Waals surface area contributed by atoms with Crippen molar-refractivity contribution in [1.82, 2.24) is 5.32 Å². The van der Waals surface area contributed by atoms with Gasteiger partial charge in [0, 0.05) is 17.6 Å². The summed E-state index contributed by atoms with van der Waals surface area (Å²) in [5.74, 6) is -7.16. The Morgan fingerprint density at radius 1 is 1.14 bits per heavy atom. The lowest BCUT2D eigenvalue weighted by Gasteiger charge is -2.28. The first-order valence-electron chi connectivity index (χ1n) is 8.82. The Morgan fingerprint density at radius 2 is 1.83 bits per heavy atom. The molecule has 0 unspecified atom stereocenters. The van der Waals surface area contributed by atoms with Crippen LogP contribution in [0.15, 0.2) is 42.5 Å². The van der Waals surface area contributed by atoms with Gasteiger partial charge in [-0.15, -0.1) is 0 Å². The molecule has 29 heavy (non-hydrogen) atoms. The number of fused-ring (bicyclic) bond motifs is 1. The third-order valence-electron chi connectivity index (χ3n) is 4.49. The standard InChI is InChI=1S/C20H20ClNO7/c1-11(22-10-15(23)13-3-2-4-14(21)9-13)7-12-5-6-16-17(8-12)29-20(28-16,18(24)25)19(26)27/h2-6,8-9,11,15,22-23H,7,10H2,1H3,(H,24,25)(H,26,27)/p-2/t11-,15+/m0/s1. The topological polar surface area (TPSA) is 131 Å². The van der Waals surface area contributed by atoms with Crippen LogP contribution in [-0.4, -0.2) is 35.4 Å². The lowest BCUT2D eigenvalue weighted by atomic mass is 10.1. The molecule has 1 heterocycles.